The number of carbonyl (C=O) groups is 1. The summed E-state index contributed by atoms with van der Waals surface area (Å²) in [6.07, 6.45) is 3.45. The number of aryl methyl sites for hydroxylation is 2. The van der Waals surface area contributed by atoms with E-state index in [0.29, 0.717) is 36.6 Å². The van der Waals surface area contributed by atoms with Gasteiger partial charge in [-0.15, -0.1) is 0 Å². The van der Waals surface area contributed by atoms with Crippen molar-refractivity contribution >= 4 is 17.3 Å². The summed E-state index contributed by atoms with van der Waals surface area (Å²) in [5, 5.41) is 4.43. The molecule has 34 heavy (non-hydrogen) atoms. The second-order valence-corrected chi connectivity index (χ2v) is 8.32. The number of nitrogens with zero attached hydrogens (tertiary/aromatic N) is 7. The summed E-state index contributed by atoms with van der Waals surface area (Å²) in [4.78, 5) is 27.7. The van der Waals surface area contributed by atoms with Gasteiger partial charge in [-0.1, -0.05) is 30.3 Å². The monoisotopic (exact) mass is 461 g/mol. The number of hydrogen-bond donors (Lipinski definition) is 0. The zero-order valence-corrected chi connectivity index (χ0v) is 19.5. The molecule has 1 aromatic carbocycles. The minimum absolute atomic E-state index is 0.197. The fourth-order valence-corrected chi connectivity index (χ4v) is 4.25. The van der Waals surface area contributed by atoms with Gasteiger partial charge in [0.25, 0.3) is 0 Å². The number of ether oxygens (including phenoxy) is 2. The van der Waals surface area contributed by atoms with Crippen LogP contribution < -0.4 is 4.74 Å². The van der Waals surface area contributed by atoms with Crippen LogP contribution in [0.1, 0.15) is 24.6 Å². The highest BCUT2D eigenvalue weighted by Gasteiger charge is 2.30. The quantitative estimate of drug-likeness (QED) is 0.434. The van der Waals surface area contributed by atoms with E-state index in [1.54, 1.807) is 4.90 Å². The van der Waals surface area contributed by atoms with Crippen molar-refractivity contribution in [3.05, 3.63) is 54.1 Å². The molecule has 1 amide bonds. The number of imidazole rings is 1. The molecule has 0 unspecified atom stereocenters. The van der Waals surface area contributed by atoms with E-state index in [1.807, 2.05) is 59.7 Å². The van der Waals surface area contributed by atoms with E-state index in [2.05, 4.69) is 22.0 Å². The molecule has 1 fully saturated rings. The van der Waals surface area contributed by atoms with Gasteiger partial charge in [-0.3, -0.25) is 4.68 Å². The summed E-state index contributed by atoms with van der Waals surface area (Å²) in [6.45, 7) is 6.11. The molecule has 3 aromatic heterocycles. The average molecular weight is 462 g/mol. The Morgan fingerprint density at radius 2 is 2.03 bits per heavy atom. The van der Waals surface area contributed by atoms with Gasteiger partial charge in [-0.05, 0) is 19.4 Å². The molecule has 1 atom stereocenters. The summed E-state index contributed by atoms with van der Waals surface area (Å²) in [5.41, 5.74) is 4.21. The standard InChI is InChI=1S/C24H27N7O3/c1-4-31-16(2)19(12-27-31)21-28-20-22(29(21)3)25-15-26-23(20)34-18-10-11-30(13-18)24(32)33-14-17-8-6-5-7-9-17/h5-9,12,15,18H,4,10-11,13-14H2,1-3H3/t18-/m0/s1. The molecule has 10 heteroatoms. The SMILES string of the molecule is CCn1ncc(-c2nc3c(O[C@H]4CCN(C(=O)OCc5ccccc5)C4)ncnc3n2C)c1C. The lowest BCUT2D eigenvalue weighted by Gasteiger charge is -2.17. The summed E-state index contributed by atoms with van der Waals surface area (Å²) in [6, 6.07) is 9.64. The fourth-order valence-electron chi connectivity index (χ4n) is 4.25. The Morgan fingerprint density at radius 3 is 2.79 bits per heavy atom. The lowest BCUT2D eigenvalue weighted by Crippen LogP contribution is -2.31. The molecular formula is C24H27N7O3. The first kappa shape index (κ1) is 21.9. The smallest absolute Gasteiger partial charge is 0.410 e. The molecule has 0 N–H and O–H groups in total. The van der Waals surface area contributed by atoms with Crippen molar-refractivity contribution in [1.29, 1.82) is 0 Å². The van der Waals surface area contributed by atoms with Crippen LogP contribution >= 0.6 is 0 Å². The first-order chi connectivity index (χ1) is 16.5. The van der Waals surface area contributed by atoms with E-state index in [1.165, 1.54) is 6.33 Å². The number of hydrogen-bond acceptors (Lipinski definition) is 7. The maximum Gasteiger partial charge on any atom is 0.410 e. The first-order valence-electron chi connectivity index (χ1n) is 11.4. The Bertz CT molecular complexity index is 1320. The maximum absolute atomic E-state index is 12.5. The predicted octanol–water partition coefficient (Wildman–Crippen LogP) is 3.35. The van der Waals surface area contributed by atoms with Gasteiger partial charge >= 0.3 is 6.09 Å². The van der Waals surface area contributed by atoms with Crippen LogP contribution in [0.5, 0.6) is 5.88 Å². The Labute approximate surface area is 197 Å². The Kier molecular flexibility index (Phi) is 5.87. The van der Waals surface area contributed by atoms with Gasteiger partial charge in [-0.25, -0.2) is 14.8 Å². The molecule has 0 spiro atoms. The molecule has 1 saturated heterocycles. The number of fused-ring (bicyclic) bond motifs is 1. The molecule has 10 nitrogen and oxygen atoms in total. The number of benzene rings is 1. The first-order valence-corrected chi connectivity index (χ1v) is 11.4. The van der Waals surface area contributed by atoms with Crippen LogP contribution in [0.15, 0.2) is 42.9 Å². The third-order valence-electron chi connectivity index (χ3n) is 6.15. The van der Waals surface area contributed by atoms with Crippen LogP contribution in [-0.2, 0) is 24.9 Å². The molecular weight excluding hydrogens is 434 g/mol. The van der Waals surface area contributed by atoms with Crippen LogP contribution in [0.4, 0.5) is 4.79 Å². The average Bonchev–Trinajstić information content (AvgIpc) is 3.56. The van der Waals surface area contributed by atoms with Gasteiger partial charge in [0, 0.05) is 32.3 Å². The summed E-state index contributed by atoms with van der Waals surface area (Å²) >= 11 is 0. The van der Waals surface area contributed by atoms with E-state index in [-0.39, 0.29) is 18.8 Å². The van der Waals surface area contributed by atoms with E-state index < -0.39 is 0 Å². The summed E-state index contributed by atoms with van der Waals surface area (Å²) < 4.78 is 15.5. The van der Waals surface area contributed by atoms with Gasteiger partial charge < -0.3 is 18.9 Å². The molecule has 0 bridgehead atoms. The normalized spacial score (nSPS) is 15.7. The van der Waals surface area contributed by atoms with Gasteiger partial charge in [-0.2, -0.15) is 10.1 Å². The van der Waals surface area contributed by atoms with Gasteiger partial charge in [0.05, 0.1) is 18.3 Å². The lowest BCUT2D eigenvalue weighted by atomic mass is 10.2. The van der Waals surface area contributed by atoms with Crippen molar-refractivity contribution in [2.45, 2.75) is 39.5 Å². The van der Waals surface area contributed by atoms with E-state index >= 15 is 0 Å². The van der Waals surface area contributed by atoms with E-state index in [4.69, 9.17) is 14.5 Å². The number of amides is 1. The van der Waals surface area contributed by atoms with Crippen molar-refractivity contribution in [1.82, 2.24) is 34.2 Å². The fraction of sp³-hybridized carbons (Fsp3) is 0.375. The number of likely N-dealkylation sites (tertiary alicyclic amines) is 1. The number of aromatic nitrogens is 6. The van der Waals surface area contributed by atoms with Crippen LogP contribution in [-0.4, -0.2) is 59.5 Å². The topological polar surface area (TPSA) is 100 Å². The van der Waals surface area contributed by atoms with Gasteiger partial charge in [0.1, 0.15) is 24.9 Å². The van der Waals surface area contributed by atoms with Crippen LogP contribution in [0.2, 0.25) is 0 Å². The van der Waals surface area contributed by atoms with Crippen molar-refractivity contribution in [2.75, 3.05) is 13.1 Å². The molecule has 4 heterocycles. The Balaban J connectivity index is 1.30. The highest BCUT2D eigenvalue weighted by molar-refractivity contribution is 5.81. The van der Waals surface area contributed by atoms with E-state index in [9.17, 15) is 4.79 Å². The van der Waals surface area contributed by atoms with Crippen LogP contribution in [0, 0.1) is 6.92 Å². The molecule has 1 aliphatic heterocycles. The molecule has 0 saturated carbocycles. The Morgan fingerprint density at radius 1 is 1.21 bits per heavy atom. The molecule has 0 radical (unpaired) electrons. The third-order valence-corrected chi connectivity index (χ3v) is 6.15. The number of carbonyl (C=O) groups excluding carboxylic acids is 1. The van der Waals surface area contributed by atoms with Crippen molar-refractivity contribution in [2.24, 2.45) is 7.05 Å². The molecule has 5 rings (SSSR count). The van der Waals surface area contributed by atoms with Crippen molar-refractivity contribution < 1.29 is 14.3 Å². The molecule has 1 aliphatic rings. The minimum Gasteiger partial charge on any atom is -0.471 e. The third kappa shape index (κ3) is 4.07. The highest BCUT2D eigenvalue weighted by atomic mass is 16.6. The summed E-state index contributed by atoms with van der Waals surface area (Å²) in [5.74, 6) is 1.17. The summed E-state index contributed by atoms with van der Waals surface area (Å²) in [7, 11) is 1.92. The van der Waals surface area contributed by atoms with Crippen LogP contribution in [0.25, 0.3) is 22.6 Å². The molecule has 0 aliphatic carbocycles. The Hall–Kier alpha value is -3.95. The zero-order chi connectivity index (χ0) is 23.7. The van der Waals surface area contributed by atoms with Gasteiger partial charge in [0.2, 0.25) is 5.88 Å². The van der Waals surface area contributed by atoms with Crippen molar-refractivity contribution in [3.8, 4) is 17.3 Å². The second-order valence-electron chi connectivity index (χ2n) is 8.32. The zero-order valence-electron chi connectivity index (χ0n) is 19.5. The van der Waals surface area contributed by atoms with Crippen molar-refractivity contribution in [3.63, 3.8) is 0 Å². The van der Waals surface area contributed by atoms with Gasteiger partial charge in [0.15, 0.2) is 11.2 Å². The number of rotatable bonds is 6. The largest absolute Gasteiger partial charge is 0.471 e. The molecule has 4 aromatic rings. The highest BCUT2D eigenvalue weighted by Crippen LogP contribution is 2.30. The second kappa shape index (κ2) is 9.12. The predicted molar refractivity (Wildman–Crippen MR) is 125 cm³/mol. The minimum atomic E-state index is -0.341. The lowest BCUT2D eigenvalue weighted by molar-refractivity contribution is 0.0989. The van der Waals surface area contributed by atoms with E-state index in [0.717, 1.165) is 29.2 Å². The van der Waals surface area contributed by atoms with Crippen LogP contribution in [0.3, 0.4) is 0 Å². The molecule has 176 valence electrons. The maximum atomic E-state index is 12.5.